The van der Waals surface area contributed by atoms with Crippen molar-refractivity contribution in [1.29, 1.82) is 0 Å². The Labute approximate surface area is 108 Å². The van der Waals surface area contributed by atoms with Crippen LogP contribution >= 0.6 is 15.9 Å². The number of nitrogens with zero attached hydrogens (tertiary/aromatic N) is 1. The van der Waals surface area contributed by atoms with Gasteiger partial charge in [-0.05, 0) is 41.3 Å². The number of amides is 1. The number of halogens is 1. The van der Waals surface area contributed by atoms with Gasteiger partial charge in [0.2, 0.25) is 0 Å². The second-order valence-electron chi connectivity index (χ2n) is 4.89. The SMILES string of the molecule is CC1CC2CNCC2N1C(=O)c1ccoc1Br. The first kappa shape index (κ1) is 11.3. The number of fused-ring (bicyclic) bond motifs is 1. The molecule has 2 aliphatic rings. The number of carbonyl (C=O) groups excluding carboxylic acids is 1. The molecule has 0 radical (unpaired) electrons. The average Bonchev–Trinajstić information content (AvgIpc) is 2.92. The predicted octanol–water partition coefficient (Wildman–Crippen LogP) is 1.86. The maximum Gasteiger partial charge on any atom is 0.258 e. The van der Waals surface area contributed by atoms with E-state index in [2.05, 4.69) is 28.2 Å². The topological polar surface area (TPSA) is 45.5 Å². The van der Waals surface area contributed by atoms with Gasteiger partial charge in [-0.3, -0.25) is 4.79 Å². The molecular weight excluding hydrogens is 284 g/mol. The third-order valence-electron chi connectivity index (χ3n) is 3.86. The van der Waals surface area contributed by atoms with Gasteiger partial charge in [-0.15, -0.1) is 0 Å². The van der Waals surface area contributed by atoms with Gasteiger partial charge in [-0.25, -0.2) is 0 Å². The van der Waals surface area contributed by atoms with Crippen molar-refractivity contribution in [3.63, 3.8) is 0 Å². The molecule has 17 heavy (non-hydrogen) atoms. The first-order valence-electron chi connectivity index (χ1n) is 5.95. The van der Waals surface area contributed by atoms with Crippen LogP contribution in [0.1, 0.15) is 23.7 Å². The van der Waals surface area contributed by atoms with Crippen LogP contribution in [0.5, 0.6) is 0 Å². The van der Waals surface area contributed by atoms with Crippen LogP contribution in [-0.4, -0.2) is 36.0 Å². The summed E-state index contributed by atoms with van der Waals surface area (Å²) < 4.78 is 5.68. The van der Waals surface area contributed by atoms with Gasteiger partial charge in [0.1, 0.15) is 0 Å². The Kier molecular flexibility index (Phi) is 2.75. The average molecular weight is 299 g/mol. The smallest absolute Gasteiger partial charge is 0.258 e. The number of furan rings is 1. The van der Waals surface area contributed by atoms with Crippen molar-refractivity contribution in [3.05, 3.63) is 22.6 Å². The molecule has 1 amide bonds. The fourth-order valence-corrected chi connectivity index (χ4v) is 3.51. The van der Waals surface area contributed by atoms with E-state index in [4.69, 9.17) is 4.42 Å². The quantitative estimate of drug-likeness (QED) is 0.861. The van der Waals surface area contributed by atoms with Crippen LogP contribution in [0.15, 0.2) is 21.4 Å². The van der Waals surface area contributed by atoms with Gasteiger partial charge in [0, 0.05) is 25.2 Å². The molecule has 2 aliphatic heterocycles. The minimum Gasteiger partial charge on any atom is -0.457 e. The van der Waals surface area contributed by atoms with E-state index in [1.165, 1.54) is 0 Å². The highest BCUT2D eigenvalue weighted by atomic mass is 79.9. The molecule has 2 fully saturated rings. The van der Waals surface area contributed by atoms with Crippen LogP contribution in [0.2, 0.25) is 0 Å². The van der Waals surface area contributed by atoms with E-state index >= 15 is 0 Å². The minimum absolute atomic E-state index is 0.0781. The molecule has 0 aromatic carbocycles. The second kappa shape index (κ2) is 4.14. The van der Waals surface area contributed by atoms with Gasteiger partial charge in [-0.1, -0.05) is 0 Å². The molecule has 0 bridgehead atoms. The number of carbonyl (C=O) groups is 1. The standard InChI is InChI=1S/C12H15BrN2O2/c1-7-4-8-5-14-6-10(8)15(7)12(16)9-2-3-17-11(9)13/h2-3,7-8,10,14H,4-6H2,1H3. The van der Waals surface area contributed by atoms with Crippen molar-refractivity contribution in [2.45, 2.75) is 25.4 Å². The lowest BCUT2D eigenvalue weighted by atomic mass is 10.0. The normalized spacial score (nSPS) is 31.9. The molecule has 1 aromatic rings. The highest BCUT2D eigenvalue weighted by Gasteiger charge is 2.44. The first-order chi connectivity index (χ1) is 8.18. The zero-order chi connectivity index (χ0) is 12.0. The second-order valence-corrected chi connectivity index (χ2v) is 5.61. The summed E-state index contributed by atoms with van der Waals surface area (Å²) in [6.45, 7) is 4.08. The lowest BCUT2D eigenvalue weighted by Crippen LogP contribution is -2.42. The number of hydrogen-bond acceptors (Lipinski definition) is 3. The Hall–Kier alpha value is -0.810. The van der Waals surface area contributed by atoms with Crippen molar-refractivity contribution in [3.8, 4) is 0 Å². The van der Waals surface area contributed by atoms with Crippen LogP contribution in [0.3, 0.4) is 0 Å². The Morgan fingerprint density at radius 3 is 3.12 bits per heavy atom. The summed E-state index contributed by atoms with van der Waals surface area (Å²) in [5, 5.41) is 3.36. The van der Waals surface area contributed by atoms with E-state index in [9.17, 15) is 4.79 Å². The van der Waals surface area contributed by atoms with Crippen molar-refractivity contribution < 1.29 is 9.21 Å². The summed E-state index contributed by atoms with van der Waals surface area (Å²) in [6.07, 6.45) is 2.64. The van der Waals surface area contributed by atoms with Crippen molar-refractivity contribution in [1.82, 2.24) is 10.2 Å². The summed E-state index contributed by atoms with van der Waals surface area (Å²) in [5.74, 6) is 0.689. The van der Waals surface area contributed by atoms with E-state index in [0.29, 0.717) is 28.2 Å². The van der Waals surface area contributed by atoms with Gasteiger partial charge in [0.25, 0.3) is 5.91 Å². The zero-order valence-corrected chi connectivity index (χ0v) is 11.2. The third kappa shape index (κ3) is 1.72. The van der Waals surface area contributed by atoms with Crippen LogP contribution < -0.4 is 5.32 Å². The summed E-state index contributed by atoms with van der Waals surface area (Å²) in [4.78, 5) is 14.5. The largest absolute Gasteiger partial charge is 0.457 e. The molecule has 92 valence electrons. The molecule has 3 atom stereocenters. The van der Waals surface area contributed by atoms with Crippen molar-refractivity contribution in [2.24, 2.45) is 5.92 Å². The monoisotopic (exact) mass is 298 g/mol. The molecule has 5 heteroatoms. The maximum absolute atomic E-state index is 12.5. The number of hydrogen-bond donors (Lipinski definition) is 1. The highest BCUT2D eigenvalue weighted by molar-refractivity contribution is 9.10. The van der Waals surface area contributed by atoms with Crippen molar-refractivity contribution >= 4 is 21.8 Å². The molecule has 3 rings (SSSR count). The fourth-order valence-electron chi connectivity index (χ4n) is 3.10. The number of rotatable bonds is 1. The molecule has 2 saturated heterocycles. The summed E-state index contributed by atoms with van der Waals surface area (Å²) in [7, 11) is 0. The molecule has 0 aliphatic carbocycles. The predicted molar refractivity (Wildman–Crippen MR) is 66.8 cm³/mol. The van der Waals surface area contributed by atoms with Crippen LogP contribution in [0.4, 0.5) is 0 Å². The van der Waals surface area contributed by atoms with Gasteiger partial charge in [-0.2, -0.15) is 0 Å². The highest BCUT2D eigenvalue weighted by Crippen LogP contribution is 2.34. The Bertz CT molecular complexity index is 445. The first-order valence-corrected chi connectivity index (χ1v) is 6.74. The van der Waals surface area contributed by atoms with Crippen LogP contribution in [-0.2, 0) is 0 Å². The molecule has 1 N–H and O–H groups in total. The fraction of sp³-hybridized carbons (Fsp3) is 0.583. The Morgan fingerprint density at radius 2 is 2.41 bits per heavy atom. The molecule has 1 aromatic heterocycles. The van der Waals surface area contributed by atoms with Crippen LogP contribution in [0, 0.1) is 5.92 Å². The van der Waals surface area contributed by atoms with Gasteiger partial charge in [0.15, 0.2) is 4.67 Å². The lowest BCUT2D eigenvalue weighted by molar-refractivity contribution is 0.0680. The number of likely N-dealkylation sites (tertiary alicyclic amines) is 1. The van der Waals surface area contributed by atoms with E-state index < -0.39 is 0 Å². The summed E-state index contributed by atoms with van der Waals surface area (Å²) in [5.41, 5.74) is 0.629. The van der Waals surface area contributed by atoms with Gasteiger partial charge < -0.3 is 14.6 Å². The Morgan fingerprint density at radius 1 is 1.59 bits per heavy atom. The van der Waals surface area contributed by atoms with E-state index in [1.54, 1.807) is 12.3 Å². The summed E-state index contributed by atoms with van der Waals surface area (Å²) >= 11 is 3.28. The van der Waals surface area contributed by atoms with E-state index in [1.807, 2.05) is 4.90 Å². The Balaban J connectivity index is 1.88. The number of nitrogens with one attached hydrogen (secondary N) is 1. The molecular formula is C12H15BrN2O2. The maximum atomic E-state index is 12.5. The van der Waals surface area contributed by atoms with E-state index in [0.717, 1.165) is 19.5 Å². The molecule has 0 spiro atoms. The molecule has 4 nitrogen and oxygen atoms in total. The molecule has 3 heterocycles. The third-order valence-corrected chi connectivity index (χ3v) is 4.48. The molecule has 0 saturated carbocycles. The van der Waals surface area contributed by atoms with Gasteiger partial charge in [0.05, 0.1) is 11.8 Å². The summed E-state index contributed by atoms with van der Waals surface area (Å²) in [6, 6.07) is 2.40. The van der Waals surface area contributed by atoms with Gasteiger partial charge >= 0.3 is 0 Å². The minimum atomic E-state index is 0.0781. The zero-order valence-electron chi connectivity index (χ0n) is 9.65. The van der Waals surface area contributed by atoms with Crippen molar-refractivity contribution in [2.75, 3.05) is 13.1 Å². The van der Waals surface area contributed by atoms with Crippen LogP contribution in [0.25, 0.3) is 0 Å². The molecule has 3 unspecified atom stereocenters. The van der Waals surface area contributed by atoms with E-state index in [-0.39, 0.29) is 5.91 Å². The lowest BCUT2D eigenvalue weighted by Gasteiger charge is -2.27.